The zero-order chi connectivity index (χ0) is 17.1. The summed E-state index contributed by atoms with van der Waals surface area (Å²) in [6, 6.07) is 11.0. The zero-order valence-electron chi connectivity index (χ0n) is 15.9. The Kier molecular flexibility index (Phi) is 5.57. The lowest BCUT2D eigenvalue weighted by atomic mass is 9.88. The molecule has 136 valence electrons. The Morgan fingerprint density at radius 1 is 0.960 bits per heavy atom. The fourth-order valence-electron chi connectivity index (χ4n) is 4.75. The van der Waals surface area contributed by atoms with Crippen LogP contribution < -0.4 is 5.32 Å². The third kappa shape index (κ3) is 4.17. The van der Waals surface area contributed by atoms with Crippen molar-refractivity contribution in [2.24, 2.45) is 0 Å². The number of piperidine rings is 1. The van der Waals surface area contributed by atoms with Crippen molar-refractivity contribution in [3.8, 4) is 0 Å². The predicted octanol–water partition coefficient (Wildman–Crippen LogP) is 5.14. The minimum Gasteiger partial charge on any atom is -0.310 e. The molecule has 2 aliphatic carbocycles. The van der Waals surface area contributed by atoms with Gasteiger partial charge in [0.2, 0.25) is 0 Å². The van der Waals surface area contributed by atoms with E-state index in [1.165, 1.54) is 87.6 Å². The van der Waals surface area contributed by atoms with E-state index in [2.05, 4.69) is 41.4 Å². The van der Waals surface area contributed by atoms with Gasteiger partial charge in [0, 0.05) is 31.7 Å². The number of likely N-dealkylation sites (tertiary alicyclic amines) is 1. The average molecular weight is 339 g/mol. The molecule has 0 spiro atoms. The summed E-state index contributed by atoms with van der Waals surface area (Å²) in [5, 5.41) is 3.72. The fraction of sp³-hybridized carbons (Fsp3) is 0.652. The standard InChI is InChI=1S/C23H34N2/c1-18(21-13-15-25(16-14-21)23-7-4-8-23)20-11-9-19(10-12-20)17-24-22-5-2-3-6-22/h9-12,22-24H,2-8,13-17H2,1H3. The van der Waals surface area contributed by atoms with E-state index in [1.54, 1.807) is 5.57 Å². The van der Waals surface area contributed by atoms with Gasteiger partial charge in [-0.05, 0) is 62.1 Å². The van der Waals surface area contributed by atoms with Gasteiger partial charge < -0.3 is 5.32 Å². The highest BCUT2D eigenvalue weighted by molar-refractivity contribution is 5.67. The Morgan fingerprint density at radius 3 is 2.24 bits per heavy atom. The number of nitrogens with one attached hydrogen (secondary N) is 1. The van der Waals surface area contributed by atoms with Gasteiger partial charge in [0.05, 0.1) is 0 Å². The van der Waals surface area contributed by atoms with Crippen LogP contribution in [0.15, 0.2) is 29.8 Å². The molecule has 1 aromatic rings. The van der Waals surface area contributed by atoms with Gasteiger partial charge in [-0.3, -0.25) is 4.90 Å². The second-order valence-electron chi connectivity index (χ2n) is 8.41. The van der Waals surface area contributed by atoms with Crippen molar-refractivity contribution in [3.05, 3.63) is 41.0 Å². The Balaban J connectivity index is 1.32. The van der Waals surface area contributed by atoms with Crippen LogP contribution >= 0.6 is 0 Å². The van der Waals surface area contributed by atoms with Crippen LogP contribution in [0.1, 0.15) is 75.8 Å². The van der Waals surface area contributed by atoms with Crippen molar-refractivity contribution in [3.63, 3.8) is 0 Å². The maximum atomic E-state index is 3.72. The van der Waals surface area contributed by atoms with Gasteiger partial charge in [-0.25, -0.2) is 0 Å². The van der Waals surface area contributed by atoms with E-state index >= 15 is 0 Å². The van der Waals surface area contributed by atoms with Gasteiger partial charge in [-0.1, -0.05) is 49.1 Å². The van der Waals surface area contributed by atoms with Gasteiger partial charge in [-0.15, -0.1) is 0 Å². The maximum Gasteiger partial charge on any atom is 0.0208 e. The quantitative estimate of drug-likeness (QED) is 0.799. The number of hydrogen-bond acceptors (Lipinski definition) is 2. The summed E-state index contributed by atoms with van der Waals surface area (Å²) in [7, 11) is 0. The molecule has 2 saturated carbocycles. The molecule has 0 radical (unpaired) electrons. The molecule has 1 N–H and O–H groups in total. The van der Waals surface area contributed by atoms with Crippen LogP contribution in [0.25, 0.3) is 5.57 Å². The van der Waals surface area contributed by atoms with E-state index in [1.807, 2.05) is 0 Å². The monoisotopic (exact) mass is 338 g/mol. The van der Waals surface area contributed by atoms with Crippen LogP contribution in [0.5, 0.6) is 0 Å². The van der Waals surface area contributed by atoms with Crippen LogP contribution in [0.3, 0.4) is 0 Å². The molecule has 3 aliphatic rings. The lowest BCUT2D eigenvalue weighted by molar-refractivity contribution is 0.118. The van der Waals surface area contributed by atoms with E-state index < -0.39 is 0 Å². The summed E-state index contributed by atoms with van der Waals surface area (Å²) in [4.78, 5) is 2.73. The summed E-state index contributed by atoms with van der Waals surface area (Å²) in [6.07, 6.45) is 12.4. The highest BCUT2D eigenvalue weighted by Crippen LogP contribution is 2.31. The third-order valence-electron chi connectivity index (χ3n) is 6.86. The topological polar surface area (TPSA) is 15.3 Å². The van der Waals surface area contributed by atoms with Crippen molar-refractivity contribution >= 4 is 5.57 Å². The highest BCUT2D eigenvalue weighted by Gasteiger charge is 2.27. The lowest BCUT2D eigenvalue weighted by Gasteiger charge is -2.40. The van der Waals surface area contributed by atoms with Gasteiger partial charge in [0.1, 0.15) is 0 Å². The molecule has 1 aromatic carbocycles. The van der Waals surface area contributed by atoms with E-state index in [4.69, 9.17) is 0 Å². The first-order valence-corrected chi connectivity index (χ1v) is 10.5. The number of hydrogen-bond donors (Lipinski definition) is 1. The molecular formula is C23H34N2. The van der Waals surface area contributed by atoms with Gasteiger partial charge in [0.15, 0.2) is 0 Å². The van der Waals surface area contributed by atoms with Crippen molar-refractivity contribution in [2.45, 2.75) is 83.3 Å². The Bertz CT molecular complexity index is 581. The smallest absolute Gasteiger partial charge is 0.0208 e. The Labute approximate surface area is 153 Å². The van der Waals surface area contributed by atoms with Crippen LogP contribution in [0.2, 0.25) is 0 Å². The molecule has 2 nitrogen and oxygen atoms in total. The van der Waals surface area contributed by atoms with E-state index in [-0.39, 0.29) is 0 Å². The molecular weight excluding hydrogens is 304 g/mol. The summed E-state index contributed by atoms with van der Waals surface area (Å²) < 4.78 is 0. The molecule has 1 aliphatic heterocycles. The second kappa shape index (κ2) is 8.05. The normalized spacial score (nSPS) is 23.0. The minimum atomic E-state index is 0.754. The summed E-state index contributed by atoms with van der Waals surface area (Å²) >= 11 is 0. The molecule has 0 aromatic heterocycles. The van der Waals surface area contributed by atoms with Crippen molar-refractivity contribution < 1.29 is 0 Å². The van der Waals surface area contributed by atoms with E-state index in [0.717, 1.165) is 18.6 Å². The van der Waals surface area contributed by atoms with Crippen molar-refractivity contribution in [1.29, 1.82) is 0 Å². The Morgan fingerprint density at radius 2 is 1.64 bits per heavy atom. The van der Waals surface area contributed by atoms with E-state index in [0.29, 0.717) is 0 Å². The average Bonchev–Trinajstić information content (AvgIpc) is 3.13. The fourth-order valence-corrected chi connectivity index (χ4v) is 4.75. The van der Waals surface area contributed by atoms with E-state index in [9.17, 15) is 0 Å². The van der Waals surface area contributed by atoms with Crippen molar-refractivity contribution in [1.82, 2.24) is 10.2 Å². The highest BCUT2D eigenvalue weighted by atomic mass is 15.2. The first-order chi connectivity index (χ1) is 12.3. The SMILES string of the molecule is CC(=C1CCN(C2CCC2)CC1)c1ccc(CNC2CCCC2)cc1. The van der Waals surface area contributed by atoms with Crippen molar-refractivity contribution in [2.75, 3.05) is 13.1 Å². The molecule has 1 saturated heterocycles. The lowest BCUT2D eigenvalue weighted by Crippen LogP contribution is -2.43. The molecule has 25 heavy (non-hydrogen) atoms. The summed E-state index contributed by atoms with van der Waals surface area (Å²) in [6.45, 7) is 5.92. The zero-order valence-corrected chi connectivity index (χ0v) is 15.9. The molecule has 4 rings (SSSR count). The Hall–Kier alpha value is -1.12. The summed E-state index contributed by atoms with van der Waals surface area (Å²) in [5.41, 5.74) is 6.07. The molecule has 0 atom stereocenters. The largest absolute Gasteiger partial charge is 0.310 e. The first-order valence-electron chi connectivity index (χ1n) is 10.5. The van der Waals surface area contributed by atoms with Crippen LogP contribution in [-0.2, 0) is 6.54 Å². The van der Waals surface area contributed by atoms with Gasteiger partial charge in [-0.2, -0.15) is 0 Å². The number of allylic oxidation sites excluding steroid dienone is 1. The molecule has 2 heteroatoms. The molecule has 1 heterocycles. The minimum absolute atomic E-state index is 0.754. The summed E-state index contributed by atoms with van der Waals surface area (Å²) in [5.74, 6) is 0. The van der Waals surface area contributed by atoms with Crippen LogP contribution in [0, 0.1) is 0 Å². The van der Waals surface area contributed by atoms with Gasteiger partial charge >= 0.3 is 0 Å². The number of nitrogens with zero attached hydrogens (tertiary/aromatic N) is 1. The van der Waals surface area contributed by atoms with Crippen LogP contribution in [-0.4, -0.2) is 30.1 Å². The predicted molar refractivity (Wildman–Crippen MR) is 107 cm³/mol. The second-order valence-corrected chi connectivity index (χ2v) is 8.41. The first kappa shape index (κ1) is 17.3. The third-order valence-corrected chi connectivity index (χ3v) is 6.86. The van der Waals surface area contributed by atoms with Gasteiger partial charge in [0.25, 0.3) is 0 Å². The molecule has 0 unspecified atom stereocenters. The maximum absolute atomic E-state index is 3.72. The number of rotatable bonds is 5. The molecule has 3 fully saturated rings. The van der Waals surface area contributed by atoms with Crippen LogP contribution in [0.4, 0.5) is 0 Å². The molecule has 0 bridgehead atoms. The molecule has 0 amide bonds. The number of benzene rings is 1.